The van der Waals surface area contributed by atoms with Crippen LogP contribution in [0.25, 0.3) is 0 Å². The van der Waals surface area contributed by atoms with Gasteiger partial charge in [0.25, 0.3) is 0 Å². The summed E-state index contributed by atoms with van der Waals surface area (Å²) in [4.78, 5) is 6.74. The fourth-order valence-electron chi connectivity index (χ4n) is 1.95. The Bertz CT molecular complexity index is 887. The van der Waals surface area contributed by atoms with Gasteiger partial charge in [-0.05, 0) is 0 Å². The molecule has 0 aliphatic carbocycles. The molecular formula is C14F14O3. The summed E-state index contributed by atoms with van der Waals surface area (Å²) < 4.78 is 182. The number of benzene rings is 2. The summed E-state index contributed by atoms with van der Waals surface area (Å²) in [5, 5.41) is 3.21. The Morgan fingerprint density at radius 3 is 0.806 bits per heavy atom. The van der Waals surface area contributed by atoms with Crippen molar-refractivity contribution in [3.8, 4) is 11.5 Å². The standard InChI is InChI=1S/C14F14O3/c15-3-1(13(23,24)25)4(16)8(20)11(7(3)19)29-31-30-12-9(21)5(17)2(14(26,27)28)6(18)10(12)22. The SMILES string of the molecule is Fc1c(F)c(C(F)(F)F)c(F)c(F)c1OOOc1c(F)c(F)c(C(F)(F)F)c(F)c1F. The average molecular weight is 482 g/mol. The maximum Gasteiger partial charge on any atom is 0.422 e. The number of alkyl halides is 6. The molecule has 0 spiro atoms. The van der Waals surface area contributed by atoms with E-state index < -0.39 is 81.5 Å². The van der Waals surface area contributed by atoms with E-state index >= 15 is 0 Å². The summed E-state index contributed by atoms with van der Waals surface area (Å²) in [6.45, 7) is 0. The highest BCUT2D eigenvalue weighted by molar-refractivity contribution is 5.36. The molecule has 17 heteroatoms. The van der Waals surface area contributed by atoms with E-state index in [2.05, 4.69) is 14.8 Å². The van der Waals surface area contributed by atoms with E-state index in [-0.39, 0.29) is 0 Å². The van der Waals surface area contributed by atoms with Crippen LogP contribution in [0.4, 0.5) is 61.5 Å². The van der Waals surface area contributed by atoms with Gasteiger partial charge in [0.15, 0.2) is 23.3 Å². The van der Waals surface area contributed by atoms with Crippen LogP contribution in [0.1, 0.15) is 11.1 Å². The number of halogens is 14. The summed E-state index contributed by atoms with van der Waals surface area (Å²) in [5.41, 5.74) is -6.08. The van der Waals surface area contributed by atoms with E-state index in [1.807, 2.05) is 0 Å². The van der Waals surface area contributed by atoms with Crippen LogP contribution in [0.5, 0.6) is 11.5 Å². The summed E-state index contributed by atoms with van der Waals surface area (Å²) >= 11 is 0. The Morgan fingerprint density at radius 1 is 0.387 bits per heavy atom. The molecule has 0 aromatic heterocycles. The molecule has 2 rings (SSSR count). The molecule has 0 radical (unpaired) electrons. The first-order valence-electron chi connectivity index (χ1n) is 6.89. The van der Waals surface area contributed by atoms with Gasteiger partial charge in [-0.25, -0.2) is 17.6 Å². The zero-order valence-electron chi connectivity index (χ0n) is 13.5. The highest BCUT2D eigenvalue weighted by atomic mass is 19.4. The first-order valence-corrected chi connectivity index (χ1v) is 6.89. The lowest BCUT2D eigenvalue weighted by atomic mass is 10.1. The van der Waals surface area contributed by atoms with Crippen molar-refractivity contribution in [3.63, 3.8) is 0 Å². The normalized spacial score (nSPS) is 12.3. The maximum atomic E-state index is 13.5. The molecule has 172 valence electrons. The number of rotatable bonds is 4. The second kappa shape index (κ2) is 7.93. The molecule has 0 fully saturated rings. The minimum absolute atomic E-state index is 2.46. The fourth-order valence-corrected chi connectivity index (χ4v) is 1.95. The molecule has 31 heavy (non-hydrogen) atoms. The molecule has 0 aliphatic rings. The van der Waals surface area contributed by atoms with E-state index in [1.54, 1.807) is 0 Å². The predicted molar refractivity (Wildman–Crippen MR) is 64.9 cm³/mol. The first-order chi connectivity index (χ1) is 14.0. The van der Waals surface area contributed by atoms with E-state index in [4.69, 9.17) is 0 Å². The van der Waals surface area contributed by atoms with Crippen molar-refractivity contribution >= 4 is 0 Å². The molecular weight excluding hydrogens is 482 g/mol. The van der Waals surface area contributed by atoms with E-state index in [9.17, 15) is 61.5 Å². The Hall–Kier alpha value is -2.98. The smallest absolute Gasteiger partial charge is 0.293 e. The monoisotopic (exact) mass is 482 g/mol. The van der Waals surface area contributed by atoms with Crippen LogP contribution < -0.4 is 9.78 Å². The van der Waals surface area contributed by atoms with Gasteiger partial charge in [-0.3, -0.25) is 9.78 Å². The fraction of sp³-hybridized carbons (Fsp3) is 0.143. The largest absolute Gasteiger partial charge is 0.422 e. The molecule has 0 saturated heterocycles. The lowest BCUT2D eigenvalue weighted by molar-refractivity contribution is -0.415. The third kappa shape index (κ3) is 4.26. The van der Waals surface area contributed by atoms with Crippen molar-refractivity contribution in [1.82, 2.24) is 0 Å². The second-order valence-corrected chi connectivity index (χ2v) is 5.15. The van der Waals surface area contributed by atoms with Crippen LogP contribution >= 0.6 is 0 Å². The van der Waals surface area contributed by atoms with Crippen LogP contribution in [0, 0.1) is 46.5 Å². The topological polar surface area (TPSA) is 27.7 Å². The van der Waals surface area contributed by atoms with Crippen LogP contribution in [0.3, 0.4) is 0 Å². The molecule has 0 N–H and O–H groups in total. The maximum absolute atomic E-state index is 13.5. The van der Waals surface area contributed by atoms with Gasteiger partial charge in [0, 0.05) is 5.04 Å². The molecule has 0 atom stereocenters. The molecule has 0 bridgehead atoms. The van der Waals surface area contributed by atoms with Gasteiger partial charge in [-0.1, -0.05) is 0 Å². The molecule has 0 amide bonds. The Morgan fingerprint density at radius 2 is 0.613 bits per heavy atom. The number of hydrogen-bond donors (Lipinski definition) is 0. The van der Waals surface area contributed by atoms with Gasteiger partial charge < -0.3 is 0 Å². The predicted octanol–water partition coefficient (Wildman–Crippen LogP) is 6.14. The molecule has 2 aromatic carbocycles. The van der Waals surface area contributed by atoms with Gasteiger partial charge in [0.2, 0.25) is 34.8 Å². The van der Waals surface area contributed by atoms with Crippen LogP contribution in [-0.4, -0.2) is 0 Å². The van der Waals surface area contributed by atoms with E-state index in [0.29, 0.717) is 0 Å². The van der Waals surface area contributed by atoms with Gasteiger partial charge >= 0.3 is 12.4 Å². The second-order valence-electron chi connectivity index (χ2n) is 5.15. The minimum Gasteiger partial charge on any atom is -0.293 e. The van der Waals surface area contributed by atoms with Crippen molar-refractivity contribution in [2.75, 3.05) is 0 Å². The molecule has 0 saturated carbocycles. The van der Waals surface area contributed by atoms with E-state index in [1.165, 1.54) is 0 Å². The van der Waals surface area contributed by atoms with Crippen LogP contribution in [-0.2, 0) is 17.4 Å². The van der Waals surface area contributed by atoms with Gasteiger partial charge in [0.1, 0.15) is 11.1 Å². The Kier molecular flexibility index (Phi) is 6.22. The lowest BCUT2D eigenvalue weighted by Crippen LogP contribution is -2.18. The molecule has 2 aromatic rings. The minimum atomic E-state index is -5.94. The molecule has 0 unspecified atom stereocenters. The molecule has 3 nitrogen and oxygen atoms in total. The summed E-state index contributed by atoms with van der Waals surface area (Å²) in [7, 11) is 0. The summed E-state index contributed by atoms with van der Waals surface area (Å²) in [6.07, 6.45) is -11.9. The Balaban J connectivity index is 2.40. The van der Waals surface area contributed by atoms with E-state index in [0.717, 1.165) is 0 Å². The highest BCUT2D eigenvalue weighted by Crippen LogP contribution is 2.41. The third-order valence-electron chi connectivity index (χ3n) is 3.25. The highest BCUT2D eigenvalue weighted by Gasteiger charge is 2.44. The zero-order chi connectivity index (χ0) is 24.0. The lowest BCUT2D eigenvalue weighted by Gasteiger charge is -2.14. The van der Waals surface area contributed by atoms with Crippen molar-refractivity contribution in [2.45, 2.75) is 12.4 Å². The van der Waals surface area contributed by atoms with Gasteiger partial charge in [-0.2, -0.15) is 43.9 Å². The average Bonchev–Trinajstić information content (AvgIpc) is 2.61. The molecule has 0 heterocycles. The van der Waals surface area contributed by atoms with Crippen molar-refractivity contribution in [1.29, 1.82) is 0 Å². The quantitative estimate of drug-likeness (QED) is 0.227. The zero-order valence-corrected chi connectivity index (χ0v) is 13.5. The number of hydrogen-bond acceptors (Lipinski definition) is 3. The van der Waals surface area contributed by atoms with Gasteiger partial charge in [-0.15, -0.1) is 0 Å². The van der Waals surface area contributed by atoms with Crippen molar-refractivity contribution in [2.24, 2.45) is 0 Å². The van der Waals surface area contributed by atoms with Gasteiger partial charge in [0.05, 0.1) is 0 Å². The van der Waals surface area contributed by atoms with Crippen LogP contribution in [0.2, 0.25) is 0 Å². The third-order valence-corrected chi connectivity index (χ3v) is 3.25. The summed E-state index contributed by atoms with van der Waals surface area (Å²) in [5.74, 6) is -28.8. The van der Waals surface area contributed by atoms with Crippen molar-refractivity contribution < 1.29 is 76.3 Å². The first kappa shape index (κ1) is 24.3. The van der Waals surface area contributed by atoms with Crippen molar-refractivity contribution in [3.05, 3.63) is 57.7 Å². The molecule has 0 aliphatic heterocycles. The van der Waals surface area contributed by atoms with Crippen LogP contribution in [0.15, 0.2) is 0 Å². The Labute approximate surface area is 159 Å². The summed E-state index contributed by atoms with van der Waals surface area (Å²) in [6, 6.07) is 0.